The molecular formula is C12H17N3O3S. The Bertz CT molecular complexity index is 568. The van der Waals surface area contributed by atoms with Gasteiger partial charge in [-0.3, -0.25) is 4.79 Å². The van der Waals surface area contributed by atoms with Gasteiger partial charge in [-0.15, -0.1) is 0 Å². The predicted octanol–water partition coefficient (Wildman–Crippen LogP) is -0.557. The number of hydrogen-bond donors (Lipinski definition) is 2. The van der Waals surface area contributed by atoms with E-state index in [2.05, 4.69) is 5.32 Å². The zero-order valence-corrected chi connectivity index (χ0v) is 11.5. The summed E-state index contributed by atoms with van der Waals surface area (Å²) in [6.07, 6.45) is 0. The van der Waals surface area contributed by atoms with E-state index in [-0.39, 0.29) is 11.4 Å². The summed E-state index contributed by atoms with van der Waals surface area (Å²) in [6, 6.07) is 6.02. The average molecular weight is 283 g/mol. The second-order valence-electron chi connectivity index (χ2n) is 4.59. The lowest BCUT2D eigenvalue weighted by Crippen LogP contribution is -2.57. The van der Waals surface area contributed by atoms with Gasteiger partial charge in [0, 0.05) is 19.6 Å². The van der Waals surface area contributed by atoms with Crippen molar-refractivity contribution in [3.05, 3.63) is 29.8 Å². The van der Waals surface area contributed by atoms with Crippen LogP contribution >= 0.6 is 0 Å². The molecule has 0 aliphatic carbocycles. The lowest BCUT2D eigenvalue weighted by atomic mass is 10.2. The van der Waals surface area contributed by atoms with Crippen molar-refractivity contribution in [1.29, 1.82) is 0 Å². The fourth-order valence-corrected chi connectivity index (χ4v) is 3.45. The summed E-state index contributed by atoms with van der Waals surface area (Å²) in [7, 11) is -3.56. The number of rotatable bonds is 3. The van der Waals surface area contributed by atoms with E-state index < -0.39 is 22.0 Å². The summed E-state index contributed by atoms with van der Waals surface area (Å²) in [5, 5.41) is 2.90. The van der Waals surface area contributed by atoms with Gasteiger partial charge in [-0.05, 0) is 19.1 Å². The molecule has 1 atom stereocenters. The molecule has 0 radical (unpaired) electrons. The number of carbonyl (C=O) groups excluding carboxylic acids is 1. The van der Waals surface area contributed by atoms with Crippen molar-refractivity contribution >= 4 is 15.9 Å². The minimum atomic E-state index is -3.56. The highest BCUT2D eigenvalue weighted by molar-refractivity contribution is 7.89. The average Bonchev–Trinajstić information content (AvgIpc) is 2.39. The molecule has 1 amide bonds. The summed E-state index contributed by atoms with van der Waals surface area (Å²) < 4.78 is 26.1. The fraction of sp³-hybridized carbons (Fsp3) is 0.417. The zero-order valence-electron chi connectivity index (χ0n) is 10.7. The van der Waals surface area contributed by atoms with Crippen molar-refractivity contribution in [2.24, 2.45) is 5.73 Å². The van der Waals surface area contributed by atoms with E-state index in [0.717, 1.165) is 5.56 Å². The Morgan fingerprint density at radius 2 is 2.00 bits per heavy atom. The highest BCUT2D eigenvalue weighted by Crippen LogP contribution is 2.17. The van der Waals surface area contributed by atoms with Gasteiger partial charge in [0.15, 0.2) is 0 Å². The van der Waals surface area contributed by atoms with Gasteiger partial charge in [0.2, 0.25) is 15.9 Å². The van der Waals surface area contributed by atoms with E-state index in [1.807, 2.05) is 6.92 Å². The third-order valence-electron chi connectivity index (χ3n) is 3.14. The monoisotopic (exact) mass is 283 g/mol. The molecule has 1 fully saturated rings. The molecule has 2 rings (SSSR count). The molecule has 1 aromatic rings. The first-order valence-corrected chi connectivity index (χ1v) is 7.45. The molecule has 0 saturated carbocycles. The molecule has 0 aromatic heterocycles. The van der Waals surface area contributed by atoms with Crippen LogP contribution in [0, 0.1) is 6.92 Å². The quantitative estimate of drug-likeness (QED) is 0.778. The lowest BCUT2D eigenvalue weighted by Gasteiger charge is -2.31. The van der Waals surface area contributed by atoms with Crippen LogP contribution in [0.2, 0.25) is 0 Å². The molecule has 104 valence electrons. The van der Waals surface area contributed by atoms with E-state index in [9.17, 15) is 13.2 Å². The van der Waals surface area contributed by atoms with Gasteiger partial charge >= 0.3 is 0 Å². The number of aryl methyl sites for hydroxylation is 1. The molecule has 1 aromatic carbocycles. The van der Waals surface area contributed by atoms with Gasteiger partial charge < -0.3 is 11.1 Å². The second-order valence-corrected chi connectivity index (χ2v) is 6.52. The number of sulfonamides is 1. The van der Waals surface area contributed by atoms with Crippen LogP contribution in [-0.2, 0) is 14.8 Å². The van der Waals surface area contributed by atoms with Crippen molar-refractivity contribution in [2.75, 3.05) is 19.6 Å². The number of amides is 1. The van der Waals surface area contributed by atoms with E-state index in [1.165, 1.54) is 4.31 Å². The summed E-state index contributed by atoms with van der Waals surface area (Å²) in [4.78, 5) is 11.4. The number of nitrogens with zero attached hydrogens (tertiary/aromatic N) is 1. The Labute approximate surface area is 112 Å². The van der Waals surface area contributed by atoms with Gasteiger partial charge in [0.05, 0.1) is 4.90 Å². The molecule has 1 aliphatic rings. The minimum absolute atomic E-state index is 0.0749. The third-order valence-corrected chi connectivity index (χ3v) is 5.02. The number of nitrogens with one attached hydrogen (secondary N) is 1. The van der Waals surface area contributed by atoms with Crippen molar-refractivity contribution in [1.82, 2.24) is 9.62 Å². The first-order chi connectivity index (χ1) is 8.91. The molecular weight excluding hydrogens is 266 g/mol. The van der Waals surface area contributed by atoms with E-state index in [1.54, 1.807) is 24.3 Å². The van der Waals surface area contributed by atoms with E-state index in [4.69, 9.17) is 5.73 Å². The van der Waals surface area contributed by atoms with Crippen LogP contribution in [0.15, 0.2) is 29.2 Å². The molecule has 6 nitrogen and oxygen atoms in total. The molecule has 1 saturated heterocycles. The van der Waals surface area contributed by atoms with Crippen molar-refractivity contribution in [3.63, 3.8) is 0 Å². The largest absolute Gasteiger partial charge is 0.368 e. The van der Waals surface area contributed by atoms with Gasteiger partial charge in [-0.2, -0.15) is 4.31 Å². The minimum Gasteiger partial charge on any atom is -0.368 e. The number of primary amides is 1. The smallest absolute Gasteiger partial charge is 0.243 e. The maximum absolute atomic E-state index is 12.4. The van der Waals surface area contributed by atoms with Crippen LogP contribution in [0.25, 0.3) is 0 Å². The Balaban J connectivity index is 2.24. The zero-order chi connectivity index (χ0) is 14.0. The third kappa shape index (κ3) is 2.94. The Kier molecular flexibility index (Phi) is 3.88. The molecule has 0 spiro atoms. The van der Waals surface area contributed by atoms with Crippen LogP contribution in [-0.4, -0.2) is 44.3 Å². The summed E-state index contributed by atoms with van der Waals surface area (Å²) in [5.41, 5.74) is 6.20. The number of piperazine rings is 1. The predicted molar refractivity (Wildman–Crippen MR) is 70.9 cm³/mol. The SMILES string of the molecule is Cc1ccc(S(=O)(=O)N2CCNC(C(N)=O)C2)cc1. The fourth-order valence-electron chi connectivity index (χ4n) is 1.99. The van der Waals surface area contributed by atoms with Crippen LogP contribution < -0.4 is 11.1 Å². The molecule has 1 unspecified atom stereocenters. The second kappa shape index (κ2) is 5.28. The lowest BCUT2D eigenvalue weighted by molar-refractivity contribution is -0.120. The van der Waals surface area contributed by atoms with Crippen molar-refractivity contribution in [3.8, 4) is 0 Å². The molecule has 3 N–H and O–H groups in total. The number of nitrogens with two attached hydrogens (primary N) is 1. The first kappa shape index (κ1) is 14.0. The summed E-state index contributed by atoms with van der Waals surface area (Å²) in [5.74, 6) is -0.538. The maximum Gasteiger partial charge on any atom is 0.243 e. The van der Waals surface area contributed by atoms with E-state index in [0.29, 0.717) is 13.1 Å². The Hall–Kier alpha value is -1.44. The van der Waals surface area contributed by atoms with Crippen LogP contribution in [0.1, 0.15) is 5.56 Å². The van der Waals surface area contributed by atoms with Gasteiger partial charge in [0.25, 0.3) is 0 Å². The van der Waals surface area contributed by atoms with Crippen molar-refractivity contribution in [2.45, 2.75) is 17.9 Å². The van der Waals surface area contributed by atoms with Crippen LogP contribution in [0.5, 0.6) is 0 Å². The van der Waals surface area contributed by atoms with Gasteiger partial charge in [-0.1, -0.05) is 17.7 Å². The topological polar surface area (TPSA) is 92.5 Å². The number of carbonyl (C=O) groups is 1. The first-order valence-electron chi connectivity index (χ1n) is 6.01. The van der Waals surface area contributed by atoms with Crippen LogP contribution in [0.4, 0.5) is 0 Å². The molecule has 0 bridgehead atoms. The highest BCUT2D eigenvalue weighted by Gasteiger charge is 2.31. The van der Waals surface area contributed by atoms with E-state index >= 15 is 0 Å². The summed E-state index contributed by atoms with van der Waals surface area (Å²) >= 11 is 0. The Morgan fingerprint density at radius 3 is 2.58 bits per heavy atom. The Morgan fingerprint density at radius 1 is 1.37 bits per heavy atom. The molecule has 1 aliphatic heterocycles. The maximum atomic E-state index is 12.4. The summed E-state index contributed by atoms with van der Waals surface area (Å²) in [6.45, 7) is 2.72. The highest BCUT2D eigenvalue weighted by atomic mass is 32.2. The molecule has 1 heterocycles. The van der Waals surface area contributed by atoms with Crippen LogP contribution in [0.3, 0.4) is 0 Å². The normalized spacial score (nSPS) is 21.2. The number of benzene rings is 1. The molecule has 7 heteroatoms. The standard InChI is InChI=1S/C12H17N3O3S/c1-9-2-4-10(5-3-9)19(17,18)15-7-6-14-11(8-15)12(13)16/h2-5,11,14H,6-8H2,1H3,(H2,13,16). The van der Waals surface area contributed by atoms with Crippen molar-refractivity contribution < 1.29 is 13.2 Å². The molecule has 19 heavy (non-hydrogen) atoms. The van der Waals surface area contributed by atoms with Gasteiger partial charge in [0.1, 0.15) is 6.04 Å². The van der Waals surface area contributed by atoms with Gasteiger partial charge in [-0.25, -0.2) is 8.42 Å². The number of hydrogen-bond acceptors (Lipinski definition) is 4.